The van der Waals surface area contributed by atoms with Gasteiger partial charge >= 0.3 is 0 Å². The molecule has 0 unspecified atom stereocenters. The van der Waals surface area contributed by atoms with Gasteiger partial charge in [-0.15, -0.1) is 0 Å². The van der Waals surface area contributed by atoms with Crippen LogP contribution in [0, 0.1) is 0 Å². The third-order valence-electron chi connectivity index (χ3n) is 2.65. The Bertz CT molecular complexity index is 227. The Hall–Kier alpha value is -0.830. The van der Waals surface area contributed by atoms with Crippen LogP contribution < -0.4 is 5.32 Å². The van der Waals surface area contributed by atoms with Crippen LogP contribution in [0.2, 0.25) is 0 Å². The van der Waals surface area contributed by atoms with Crippen molar-refractivity contribution < 1.29 is 4.42 Å². The molecule has 13 heavy (non-hydrogen) atoms. The minimum atomic E-state index is 0.693. The van der Waals surface area contributed by atoms with E-state index < -0.39 is 0 Å². The zero-order chi connectivity index (χ0) is 8.93. The summed E-state index contributed by atoms with van der Waals surface area (Å²) in [6.07, 6.45) is 10.0. The van der Waals surface area contributed by atoms with E-state index in [0.29, 0.717) is 6.04 Å². The van der Waals surface area contributed by atoms with Crippen LogP contribution >= 0.6 is 0 Å². The molecule has 1 fully saturated rings. The standard InChI is InChI=1S/C10H16N2O/c1-2-4-9(5-3-1)12-7-10-6-11-8-13-10/h6,8-9,12H,1-5,7H2. The van der Waals surface area contributed by atoms with Gasteiger partial charge in [-0.05, 0) is 12.8 Å². The molecular formula is C10H16N2O. The van der Waals surface area contributed by atoms with E-state index in [-0.39, 0.29) is 0 Å². The molecule has 1 aromatic heterocycles. The molecule has 1 heterocycles. The molecule has 0 bridgehead atoms. The van der Waals surface area contributed by atoms with E-state index in [9.17, 15) is 0 Å². The van der Waals surface area contributed by atoms with Crippen LogP contribution in [0.15, 0.2) is 17.0 Å². The van der Waals surface area contributed by atoms with Crippen LogP contribution in [-0.2, 0) is 6.54 Å². The summed E-state index contributed by atoms with van der Waals surface area (Å²) in [7, 11) is 0. The molecule has 0 radical (unpaired) electrons. The predicted octanol–water partition coefficient (Wildman–Crippen LogP) is 2.10. The second kappa shape index (κ2) is 4.42. The van der Waals surface area contributed by atoms with E-state index in [1.54, 1.807) is 6.20 Å². The molecule has 0 aromatic carbocycles. The molecule has 3 nitrogen and oxygen atoms in total. The third-order valence-corrected chi connectivity index (χ3v) is 2.65. The molecule has 72 valence electrons. The van der Waals surface area contributed by atoms with Crippen molar-refractivity contribution in [1.29, 1.82) is 0 Å². The van der Waals surface area contributed by atoms with E-state index in [2.05, 4.69) is 10.3 Å². The lowest BCUT2D eigenvalue weighted by atomic mass is 9.95. The van der Waals surface area contributed by atoms with Crippen molar-refractivity contribution in [3.05, 3.63) is 18.4 Å². The summed E-state index contributed by atoms with van der Waals surface area (Å²) >= 11 is 0. The minimum absolute atomic E-state index is 0.693. The Kier molecular flexibility index (Phi) is 2.98. The van der Waals surface area contributed by atoms with Gasteiger partial charge in [0.05, 0.1) is 12.7 Å². The van der Waals surface area contributed by atoms with Crippen LogP contribution in [0.5, 0.6) is 0 Å². The molecule has 2 rings (SSSR count). The van der Waals surface area contributed by atoms with Crippen molar-refractivity contribution in [2.24, 2.45) is 0 Å². The Morgan fingerprint density at radius 1 is 1.38 bits per heavy atom. The van der Waals surface area contributed by atoms with E-state index in [1.807, 2.05) is 0 Å². The van der Waals surface area contributed by atoms with Crippen LogP contribution in [0.3, 0.4) is 0 Å². The Labute approximate surface area is 78.5 Å². The zero-order valence-electron chi connectivity index (χ0n) is 7.83. The van der Waals surface area contributed by atoms with Crippen molar-refractivity contribution in [2.75, 3.05) is 0 Å². The van der Waals surface area contributed by atoms with Gasteiger partial charge < -0.3 is 9.73 Å². The van der Waals surface area contributed by atoms with Gasteiger partial charge in [-0.25, -0.2) is 4.98 Å². The number of hydrogen-bond donors (Lipinski definition) is 1. The fourth-order valence-corrected chi connectivity index (χ4v) is 1.88. The Morgan fingerprint density at radius 3 is 2.92 bits per heavy atom. The summed E-state index contributed by atoms with van der Waals surface area (Å²) in [6, 6.07) is 0.693. The van der Waals surface area contributed by atoms with Crippen molar-refractivity contribution in [2.45, 2.75) is 44.7 Å². The topological polar surface area (TPSA) is 38.1 Å². The first-order valence-electron chi connectivity index (χ1n) is 5.06. The van der Waals surface area contributed by atoms with Crippen molar-refractivity contribution in [1.82, 2.24) is 10.3 Å². The largest absolute Gasteiger partial charge is 0.447 e. The fraction of sp³-hybridized carbons (Fsp3) is 0.700. The van der Waals surface area contributed by atoms with Gasteiger partial charge in [-0.1, -0.05) is 19.3 Å². The van der Waals surface area contributed by atoms with Crippen LogP contribution in [0.4, 0.5) is 0 Å². The smallest absolute Gasteiger partial charge is 0.180 e. The highest BCUT2D eigenvalue weighted by Crippen LogP contribution is 2.17. The highest BCUT2D eigenvalue weighted by molar-refractivity contribution is 4.88. The van der Waals surface area contributed by atoms with Gasteiger partial charge in [-0.3, -0.25) is 0 Å². The Balaban J connectivity index is 1.72. The van der Waals surface area contributed by atoms with Crippen molar-refractivity contribution in [3.8, 4) is 0 Å². The number of hydrogen-bond acceptors (Lipinski definition) is 3. The summed E-state index contributed by atoms with van der Waals surface area (Å²) in [5.74, 6) is 0.936. The first kappa shape index (κ1) is 8.75. The summed E-state index contributed by atoms with van der Waals surface area (Å²) in [6.45, 7) is 0.824. The molecule has 0 aliphatic heterocycles. The molecule has 3 heteroatoms. The van der Waals surface area contributed by atoms with Crippen LogP contribution in [0.25, 0.3) is 0 Å². The van der Waals surface area contributed by atoms with Gasteiger partial charge in [0.1, 0.15) is 5.76 Å². The molecule has 0 amide bonds. The van der Waals surface area contributed by atoms with Gasteiger partial charge in [0.2, 0.25) is 0 Å². The highest BCUT2D eigenvalue weighted by atomic mass is 16.3. The molecule has 0 spiro atoms. The lowest BCUT2D eigenvalue weighted by Crippen LogP contribution is -2.30. The zero-order valence-corrected chi connectivity index (χ0v) is 7.83. The summed E-state index contributed by atoms with van der Waals surface area (Å²) in [5.41, 5.74) is 0. The maximum atomic E-state index is 5.15. The van der Waals surface area contributed by atoms with E-state index in [0.717, 1.165) is 12.3 Å². The average Bonchev–Trinajstić information content (AvgIpc) is 2.69. The lowest BCUT2D eigenvalue weighted by Gasteiger charge is -2.22. The number of nitrogens with zero attached hydrogens (tertiary/aromatic N) is 1. The lowest BCUT2D eigenvalue weighted by molar-refractivity contribution is 0.356. The maximum Gasteiger partial charge on any atom is 0.180 e. The van der Waals surface area contributed by atoms with Gasteiger partial charge in [0.15, 0.2) is 6.39 Å². The summed E-state index contributed by atoms with van der Waals surface area (Å²) in [5, 5.41) is 3.49. The monoisotopic (exact) mass is 180 g/mol. The number of aromatic nitrogens is 1. The quantitative estimate of drug-likeness (QED) is 0.774. The second-order valence-corrected chi connectivity index (χ2v) is 3.68. The number of nitrogens with one attached hydrogen (secondary N) is 1. The maximum absolute atomic E-state index is 5.15. The van der Waals surface area contributed by atoms with Gasteiger partial charge in [0.25, 0.3) is 0 Å². The summed E-state index contributed by atoms with van der Waals surface area (Å²) in [4.78, 5) is 3.88. The molecule has 1 aliphatic rings. The van der Waals surface area contributed by atoms with Crippen LogP contribution in [0.1, 0.15) is 37.9 Å². The molecule has 1 N–H and O–H groups in total. The van der Waals surface area contributed by atoms with Crippen LogP contribution in [-0.4, -0.2) is 11.0 Å². The predicted molar refractivity (Wildman–Crippen MR) is 50.2 cm³/mol. The van der Waals surface area contributed by atoms with E-state index in [1.165, 1.54) is 38.5 Å². The molecule has 1 aliphatic carbocycles. The normalized spacial score (nSPS) is 19.1. The highest BCUT2D eigenvalue weighted by Gasteiger charge is 2.12. The molecule has 0 saturated heterocycles. The average molecular weight is 180 g/mol. The van der Waals surface area contributed by atoms with E-state index >= 15 is 0 Å². The third kappa shape index (κ3) is 2.56. The SMILES string of the molecule is c1ncc(CNC2CCCCC2)o1. The van der Waals surface area contributed by atoms with E-state index in [4.69, 9.17) is 4.42 Å². The second-order valence-electron chi connectivity index (χ2n) is 3.68. The minimum Gasteiger partial charge on any atom is -0.447 e. The fourth-order valence-electron chi connectivity index (χ4n) is 1.88. The summed E-state index contributed by atoms with van der Waals surface area (Å²) < 4.78 is 5.15. The molecule has 0 atom stereocenters. The Morgan fingerprint density at radius 2 is 2.23 bits per heavy atom. The number of rotatable bonds is 3. The molecular weight excluding hydrogens is 164 g/mol. The molecule has 1 saturated carbocycles. The van der Waals surface area contributed by atoms with Gasteiger partial charge in [0, 0.05) is 6.04 Å². The number of oxazole rings is 1. The van der Waals surface area contributed by atoms with Crippen molar-refractivity contribution in [3.63, 3.8) is 0 Å². The van der Waals surface area contributed by atoms with Crippen molar-refractivity contribution >= 4 is 0 Å². The first-order chi connectivity index (χ1) is 6.45. The van der Waals surface area contributed by atoms with Gasteiger partial charge in [-0.2, -0.15) is 0 Å². The molecule has 1 aromatic rings. The first-order valence-corrected chi connectivity index (χ1v) is 5.06.